The topological polar surface area (TPSA) is 50.8 Å². The fourth-order valence-electron chi connectivity index (χ4n) is 2.97. The van der Waals surface area contributed by atoms with Crippen molar-refractivity contribution in [1.82, 2.24) is 5.32 Å². The highest BCUT2D eigenvalue weighted by Crippen LogP contribution is 2.34. The molecule has 0 radical (unpaired) electrons. The van der Waals surface area contributed by atoms with E-state index in [0.717, 1.165) is 37.4 Å². The predicted octanol–water partition coefficient (Wildman–Crippen LogP) is 1.18. The van der Waals surface area contributed by atoms with E-state index >= 15 is 0 Å². The highest BCUT2D eigenvalue weighted by molar-refractivity contribution is 5.96. The molecule has 108 valence electrons. The number of anilines is 1. The van der Waals surface area contributed by atoms with E-state index in [2.05, 4.69) is 5.32 Å². The van der Waals surface area contributed by atoms with E-state index in [-0.39, 0.29) is 18.1 Å². The maximum Gasteiger partial charge on any atom is 0.253 e. The Balaban J connectivity index is 1.88. The van der Waals surface area contributed by atoms with Gasteiger partial charge in [0.15, 0.2) is 0 Å². The number of methoxy groups -OCH3 is 1. The second kappa shape index (κ2) is 5.42. The monoisotopic (exact) mass is 276 g/mol. The summed E-state index contributed by atoms with van der Waals surface area (Å²) < 4.78 is 11.2. The first-order valence-electron chi connectivity index (χ1n) is 7.02. The lowest BCUT2D eigenvalue weighted by Gasteiger charge is -2.44. The van der Waals surface area contributed by atoms with Gasteiger partial charge < -0.3 is 19.7 Å². The van der Waals surface area contributed by atoms with Gasteiger partial charge in [0, 0.05) is 0 Å². The summed E-state index contributed by atoms with van der Waals surface area (Å²) in [4.78, 5) is 14.0. The molecule has 2 aliphatic rings. The van der Waals surface area contributed by atoms with Crippen molar-refractivity contribution in [2.24, 2.45) is 0 Å². The van der Waals surface area contributed by atoms with Gasteiger partial charge >= 0.3 is 0 Å². The molecular weight excluding hydrogens is 256 g/mol. The Morgan fingerprint density at radius 1 is 1.30 bits per heavy atom. The van der Waals surface area contributed by atoms with Crippen LogP contribution in [0.4, 0.5) is 5.69 Å². The summed E-state index contributed by atoms with van der Waals surface area (Å²) in [5, 5.41) is 3.34. The van der Waals surface area contributed by atoms with Crippen LogP contribution in [0.25, 0.3) is 0 Å². The van der Waals surface area contributed by atoms with Gasteiger partial charge in [0.2, 0.25) is 0 Å². The molecule has 0 aliphatic carbocycles. The van der Waals surface area contributed by atoms with Crippen molar-refractivity contribution in [1.29, 1.82) is 0 Å². The number of amides is 1. The van der Waals surface area contributed by atoms with E-state index in [9.17, 15) is 4.79 Å². The summed E-state index contributed by atoms with van der Waals surface area (Å²) >= 11 is 0. The Labute approximate surface area is 118 Å². The number of hydrogen-bond donors (Lipinski definition) is 1. The Kier molecular flexibility index (Phi) is 3.63. The van der Waals surface area contributed by atoms with Crippen molar-refractivity contribution < 1.29 is 14.3 Å². The number of para-hydroxylation sites is 2. The molecule has 5 nitrogen and oxygen atoms in total. The third kappa shape index (κ3) is 2.39. The summed E-state index contributed by atoms with van der Waals surface area (Å²) in [5.74, 6) is 0.727. The average Bonchev–Trinajstić information content (AvgIpc) is 2.51. The van der Waals surface area contributed by atoms with Gasteiger partial charge in [-0.3, -0.25) is 4.79 Å². The lowest BCUT2D eigenvalue weighted by atomic mass is 9.90. The number of piperidine rings is 1. The number of benzene rings is 1. The van der Waals surface area contributed by atoms with Crippen molar-refractivity contribution in [3.05, 3.63) is 24.3 Å². The molecule has 1 amide bonds. The molecule has 3 rings (SSSR count). The number of morpholine rings is 1. The summed E-state index contributed by atoms with van der Waals surface area (Å²) in [7, 11) is 1.63. The van der Waals surface area contributed by atoms with Gasteiger partial charge in [-0.15, -0.1) is 0 Å². The van der Waals surface area contributed by atoms with E-state index in [1.165, 1.54) is 0 Å². The van der Waals surface area contributed by atoms with E-state index in [1.807, 2.05) is 29.2 Å². The van der Waals surface area contributed by atoms with Gasteiger partial charge in [0.1, 0.15) is 12.4 Å². The molecule has 1 N–H and O–H groups in total. The van der Waals surface area contributed by atoms with E-state index < -0.39 is 0 Å². The fraction of sp³-hybridized carbons (Fsp3) is 0.533. The van der Waals surface area contributed by atoms with Crippen molar-refractivity contribution >= 4 is 11.6 Å². The van der Waals surface area contributed by atoms with Crippen LogP contribution in [0.5, 0.6) is 5.75 Å². The molecule has 1 spiro atoms. The Morgan fingerprint density at radius 3 is 2.80 bits per heavy atom. The number of ether oxygens (including phenoxy) is 2. The third-order valence-electron chi connectivity index (χ3n) is 4.14. The zero-order valence-electron chi connectivity index (χ0n) is 11.7. The molecule has 0 unspecified atom stereocenters. The van der Waals surface area contributed by atoms with Crippen LogP contribution in [0.2, 0.25) is 0 Å². The van der Waals surface area contributed by atoms with Crippen LogP contribution in [0, 0.1) is 0 Å². The number of hydrogen-bond acceptors (Lipinski definition) is 4. The summed E-state index contributed by atoms with van der Waals surface area (Å²) in [5.41, 5.74) is 0.626. The first-order chi connectivity index (χ1) is 9.74. The van der Waals surface area contributed by atoms with Crippen molar-refractivity contribution in [2.75, 3.05) is 38.3 Å². The molecule has 0 bridgehead atoms. The van der Waals surface area contributed by atoms with E-state index in [0.29, 0.717) is 6.54 Å². The van der Waals surface area contributed by atoms with Gasteiger partial charge in [0.25, 0.3) is 5.91 Å². The Hall–Kier alpha value is -1.59. The van der Waals surface area contributed by atoms with Crippen LogP contribution in [-0.2, 0) is 9.53 Å². The molecule has 1 aromatic carbocycles. The van der Waals surface area contributed by atoms with Gasteiger partial charge in [-0.25, -0.2) is 0 Å². The van der Waals surface area contributed by atoms with Crippen LogP contribution < -0.4 is 15.0 Å². The normalized spacial score (nSPS) is 22.1. The van der Waals surface area contributed by atoms with Crippen LogP contribution >= 0.6 is 0 Å². The first-order valence-corrected chi connectivity index (χ1v) is 7.02. The maximum absolute atomic E-state index is 12.2. The standard InChI is InChI=1S/C15H20N2O3/c1-19-13-5-3-2-4-12(13)17-11-15(20-10-14(17)18)6-8-16-9-7-15/h2-5,16H,6-11H2,1H3. The summed E-state index contributed by atoms with van der Waals surface area (Å²) in [6.45, 7) is 2.63. The summed E-state index contributed by atoms with van der Waals surface area (Å²) in [6.07, 6.45) is 1.87. The molecule has 5 heteroatoms. The molecular formula is C15H20N2O3. The van der Waals surface area contributed by atoms with Crippen molar-refractivity contribution in [3.8, 4) is 5.75 Å². The van der Waals surface area contributed by atoms with E-state index in [1.54, 1.807) is 7.11 Å². The largest absolute Gasteiger partial charge is 0.495 e. The number of nitrogens with one attached hydrogen (secondary N) is 1. The molecule has 2 heterocycles. The number of carbonyl (C=O) groups is 1. The smallest absolute Gasteiger partial charge is 0.253 e. The molecule has 0 saturated carbocycles. The molecule has 0 atom stereocenters. The lowest BCUT2D eigenvalue weighted by Crippen LogP contribution is -2.58. The zero-order chi connectivity index (χ0) is 14.0. The quantitative estimate of drug-likeness (QED) is 0.881. The van der Waals surface area contributed by atoms with Crippen molar-refractivity contribution in [3.63, 3.8) is 0 Å². The molecule has 1 aromatic rings. The van der Waals surface area contributed by atoms with E-state index in [4.69, 9.17) is 9.47 Å². The van der Waals surface area contributed by atoms with Crippen LogP contribution in [0.15, 0.2) is 24.3 Å². The van der Waals surface area contributed by atoms with Gasteiger partial charge in [-0.1, -0.05) is 12.1 Å². The molecule has 2 aliphatic heterocycles. The van der Waals surface area contributed by atoms with Crippen molar-refractivity contribution in [2.45, 2.75) is 18.4 Å². The number of nitrogens with zero attached hydrogens (tertiary/aromatic N) is 1. The fourth-order valence-corrected chi connectivity index (χ4v) is 2.97. The van der Waals surface area contributed by atoms with Gasteiger partial charge in [0.05, 0.1) is 24.9 Å². The number of carbonyl (C=O) groups excluding carboxylic acids is 1. The van der Waals surface area contributed by atoms with Crippen LogP contribution in [-0.4, -0.2) is 44.9 Å². The zero-order valence-corrected chi connectivity index (χ0v) is 11.7. The number of rotatable bonds is 2. The molecule has 2 fully saturated rings. The minimum Gasteiger partial charge on any atom is -0.495 e. The Bertz CT molecular complexity index is 498. The highest BCUT2D eigenvalue weighted by Gasteiger charge is 2.41. The summed E-state index contributed by atoms with van der Waals surface area (Å²) in [6, 6.07) is 7.65. The third-order valence-corrected chi connectivity index (χ3v) is 4.14. The molecule has 0 aromatic heterocycles. The van der Waals surface area contributed by atoms with Gasteiger partial charge in [-0.05, 0) is 38.1 Å². The highest BCUT2D eigenvalue weighted by atomic mass is 16.5. The first kappa shape index (κ1) is 13.4. The second-order valence-corrected chi connectivity index (χ2v) is 5.37. The Morgan fingerprint density at radius 2 is 2.05 bits per heavy atom. The maximum atomic E-state index is 12.2. The van der Waals surface area contributed by atoms with Crippen LogP contribution in [0.1, 0.15) is 12.8 Å². The average molecular weight is 276 g/mol. The van der Waals surface area contributed by atoms with Crippen LogP contribution in [0.3, 0.4) is 0 Å². The minimum atomic E-state index is -0.208. The molecule has 2 saturated heterocycles. The SMILES string of the molecule is COc1ccccc1N1CC2(CCNCC2)OCC1=O. The molecule has 20 heavy (non-hydrogen) atoms. The predicted molar refractivity (Wildman–Crippen MR) is 76.1 cm³/mol. The minimum absolute atomic E-state index is 0.00124. The lowest BCUT2D eigenvalue weighted by molar-refractivity contribution is -0.141. The second-order valence-electron chi connectivity index (χ2n) is 5.37. The van der Waals surface area contributed by atoms with Gasteiger partial charge in [-0.2, -0.15) is 0 Å².